The molecule has 2 aliphatic rings. The van der Waals surface area contributed by atoms with Crippen molar-refractivity contribution in [3.05, 3.63) is 118 Å². The molecule has 3 aromatic carbocycles. The first kappa shape index (κ1) is 26.2. The number of hydrogen-bond donors (Lipinski definition) is 2. The van der Waals surface area contributed by atoms with E-state index < -0.39 is 6.04 Å². The lowest BCUT2D eigenvalue weighted by Crippen LogP contribution is -2.38. The van der Waals surface area contributed by atoms with Gasteiger partial charge in [-0.1, -0.05) is 54.2 Å². The van der Waals surface area contributed by atoms with Gasteiger partial charge in [-0.15, -0.1) is 0 Å². The van der Waals surface area contributed by atoms with Gasteiger partial charge in [-0.25, -0.2) is 9.38 Å². The van der Waals surface area contributed by atoms with E-state index in [-0.39, 0.29) is 30.6 Å². The minimum Gasteiger partial charge on any atom is -0.497 e. The smallest absolute Gasteiger partial charge is 0.255 e. The molecule has 1 unspecified atom stereocenters. The molecule has 2 amide bonds. The van der Waals surface area contributed by atoms with E-state index in [1.807, 2.05) is 71.8 Å². The van der Waals surface area contributed by atoms with Crippen LogP contribution in [0.5, 0.6) is 5.75 Å². The number of carbonyl (C=O) groups excluding carboxylic acids is 2. The van der Waals surface area contributed by atoms with E-state index >= 15 is 0 Å². The number of hydrogen-bond acceptors (Lipinski definition) is 6. The highest BCUT2D eigenvalue weighted by atomic mass is 32.2. The van der Waals surface area contributed by atoms with Crippen LogP contribution in [0, 0.1) is 5.82 Å². The predicted molar refractivity (Wildman–Crippen MR) is 151 cm³/mol. The number of fused-ring (bicyclic) bond motifs is 1. The topological polar surface area (TPSA) is 83.0 Å². The third-order valence-electron chi connectivity index (χ3n) is 6.43. The summed E-state index contributed by atoms with van der Waals surface area (Å²) >= 11 is 1.42. The first-order valence-electron chi connectivity index (χ1n) is 12.4. The van der Waals surface area contributed by atoms with E-state index in [1.54, 1.807) is 19.2 Å². The number of halogens is 1. The summed E-state index contributed by atoms with van der Waals surface area (Å²) in [5.74, 6) is -0.134. The molecule has 0 saturated heterocycles. The molecule has 0 spiro atoms. The second kappa shape index (κ2) is 11.6. The van der Waals surface area contributed by atoms with Crippen LogP contribution in [0.2, 0.25) is 0 Å². The maximum atomic E-state index is 13.7. The molecule has 0 saturated carbocycles. The fraction of sp³-hybridized carbons (Fsp3) is 0.167. The van der Waals surface area contributed by atoms with Crippen LogP contribution in [-0.2, 0) is 16.1 Å². The zero-order chi connectivity index (χ0) is 27.4. The molecule has 39 heavy (non-hydrogen) atoms. The van der Waals surface area contributed by atoms with Gasteiger partial charge in [-0.3, -0.25) is 9.59 Å². The number of anilines is 1. The molecule has 2 N–H and O–H groups in total. The number of methoxy groups -OCH3 is 1. The minimum atomic E-state index is -0.525. The van der Waals surface area contributed by atoms with Gasteiger partial charge in [0.1, 0.15) is 11.6 Å². The molecule has 0 aromatic heterocycles. The lowest BCUT2D eigenvalue weighted by molar-refractivity contribution is -0.120. The maximum absolute atomic E-state index is 13.7. The third kappa shape index (κ3) is 5.88. The fourth-order valence-corrected chi connectivity index (χ4v) is 5.50. The highest BCUT2D eigenvalue weighted by Crippen LogP contribution is 2.45. The van der Waals surface area contributed by atoms with Crippen molar-refractivity contribution < 1.29 is 18.7 Å². The van der Waals surface area contributed by atoms with Crippen molar-refractivity contribution in [3.63, 3.8) is 0 Å². The van der Waals surface area contributed by atoms with Crippen molar-refractivity contribution in [1.29, 1.82) is 0 Å². The van der Waals surface area contributed by atoms with E-state index in [9.17, 15) is 14.0 Å². The molecular formula is C30H27FN4O3S. The summed E-state index contributed by atoms with van der Waals surface area (Å²) in [6, 6.07) is 22.3. The number of allylic oxidation sites excluding steroid dienone is 1. The van der Waals surface area contributed by atoms with Gasteiger partial charge < -0.3 is 20.3 Å². The Bertz CT molecular complexity index is 1490. The number of para-hydroxylation sites is 1. The number of nitrogens with one attached hydrogen (secondary N) is 2. The van der Waals surface area contributed by atoms with Crippen LogP contribution < -0.4 is 15.4 Å². The molecule has 2 heterocycles. The van der Waals surface area contributed by atoms with Crippen LogP contribution in [0.1, 0.15) is 30.5 Å². The van der Waals surface area contributed by atoms with E-state index in [0.29, 0.717) is 27.9 Å². The zero-order valence-corrected chi connectivity index (χ0v) is 22.3. The predicted octanol–water partition coefficient (Wildman–Crippen LogP) is 5.75. The number of carbonyl (C=O) groups is 2. The minimum absolute atomic E-state index is 0.0836. The van der Waals surface area contributed by atoms with Gasteiger partial charge in [0.05, 0.1) is 30.8 Å². The Balaban J connectivity index is 1.43. The fourth-order valence-electron chi connectivity index (χ4n) is 4.54. The average Bonchev–Trinajstić information content (AvgIpc) is 3.34. The van der Waals surface area contributed by atoms with Gasteiger partial charge in [0, 0.05) is 17.9 Å². The Kier molecular flexibility index (Phi) is 7.79. The number of rotatable bonds is 8. The van der Waals surface area contributed by atoms with Gasteiger partial charge in [-0.05, 0) is 59.9 Å². The largest absolute Gasteiger partial charge is 0.497 e. The van der Waals surface area contributed by atoms with E-state index in [4.69, 9.17) is 9.73 Å². The second-order valence-electron chi connectivity index (χ2n) is 9.07. The van der Waals surface area contributed by atoms with Crippen molar-refractivity contribution >= 4 is 34.4 Å². The molecule has 198 valence electrons. The molecule has 0 radical (unpaired) electrons. The maximum Gasteiger partial charge on any atom is 0.255 e. The SMILES string of the molecule is COc1cccc(C2C(C(=O)Nc3ccccc3)=C(C)N=C3SC=C(CC(=O)NCc4ccc(F)cc4)N32)c1. The summed E-state index contributed by atoms with van der Waals surface area (Å²) in [6.07, 6.45) is 0.0836. The molecule has 3 aromatic rings. The van der Waals surface area contributed by atoms with Crippen molar-refractivity contribution in [2.45, 2.75) is 25.9 Å². The van der Waals surface area contributed by atoms with Crippen molar-refractivity contribution in [1.82, 2.24) is 10.2 Å². The van der Waals surface area contributed by atoms with Crippen LogP contribution in [-0.4, -0.2) is 29.0 Å². The number of thioether (sulfide) groups is 1. The molecule has 7 nitrogen and oxygen atoms in total. The lowest BCUT2D eigenvalue weighted by Gasteiger charge is -2.36. The van der Waals surface area contributed by atoms with Crippen LogP contribution >= 0.6 is 11.8 Å². The summed E-state index contributed by atoms with van der Waals surface area (Å²) in [4.78, 5) is 33.3. The Morgan fingerprint density at radius 2 is 1.82 bits per heavy atom. The van der Waals surface area contributed by atoms with Crippen LogP contribution in [0.4, 0.5) is 10.1 Å². The summed E-state index contributed by atoms with van der Waals surface area (Å²) < 4.78 is 18.7. The van der Waals surface area contributed by atoms with Gasteiger partial charge in [0.25, 0.3) is 5.91 Å². The van der Waals surface area contributed by atoms with Crippen LogP contribution in [0.15, 0.2) is 106 Å². The zero-order valence-electron chi connectivity index (χ0n) is 21.5. The van der Waals surface area contributed by atoms with Crippen molar-refractivity contribution in [2.75, 3.05) is 12.4 Å². The van der Waals surface area contributed by atoms with E-state index in [2.05, 4.69) is 10.6 Å². The Morgan fingerprint density at radius 1 is 1.05 bits per heavy atom. The van der Waals surface area contributed by atoms with Gasteiger partial charge in [-0.2, -0.15) is 0 Å². The number of nitrogens with zero attached hydrogens (tertiary/aromatic N) is 2. The third-order valence-corrected chi connectivity index (χ3v) is 7.32. The molecule has 1 atom stereocenters. The van der Waals surface area contributed by atoms with Crippen LogP contribution in [0.3, 0.4) is 0 Å². The number of benzene rings is 3. The van der Waals surface area contributed by atoms with E-state index in [0.717, 1.165) is 16.8 Å². The molecule has 0 fully saturated rings. The summed E-state index contributed by atoms with van der Waals surface area (Å²) in [5.41, 5.74) is 4.11. The summed E-state index contributed by atoms with van der Waals surface area (Å²) in [6.45, 7) is 2.11. The molecule has 0 bridgehead atoms. The van der Waals surface area contributed by atoms with Gasteiger partial charge in [0.15, 0.2) is 5.17 Å². The normalized spacial score (nSPS) is 16.3. The molecule has 2 aliphatic heterocycles. The first-order valence-corrected chi connectivity index (χ1v) is 13.3. The van der Waals surface area contributed by atoms with Gasteiger partial charge >= 0.3 is 0 Å². The second-order valence-corrected chi connectivity index (χ2v) is 9.91. The van der Waals surface area contributed by atoms with Crippen molar-refractivity contribution in [2.24, 2.45) is 4.99 Å². The lowest BCUT2D eigenvalue weighted by atomic mass is 9.93. The molecular weight excluding hydrogens is 515 g/mol. The molecule has 0 aliphatic carbocycles. The standard InChI is InChI=1S/C30H27FN4O3S/c1-19-27(29(37)34-23-8-4-3-5-9-23)28(21-7-6-10-25(15-21)38-2)35-24(18-39-30(35)33-19)16-26(36)32-17-20-11-13-22(31)14-12-20/h3-15,18,28H,16-17H2,1-2H3,(H,32,36)(H,34,37). The molecule has 9 heteroatoms. The number of ether oxygens (including phenoxy) is 1. The highest BCUT2D eigenvalue weighted by molar-refractivity contribution is 8.16. The average molecular weight is 543 g/mol. The first-order chi connectivity index (χ1) is 18.9. The Labute approximate surface area is 230 Å². The number of amidine groups is 1. The number of amides is 2. The monoisotopic (exact) mass is 542 g/mol. The quantitative estimate of drug-likeness (QED) is 0.379. The summed E-state index contributed by atoms with van der Waals surface area (Å²) in [5, 5.41) is 8.48. The molecule has 5 rings (SSSR count). The van der Waals surface area contributed by atoms with E-state index in [1.165, 1.54) is 23.9 Å². The highest BCUT2D eigenvalue weighted by Gasteiger charge is 2.40. The van der Waals surface area contributed by atoms with Gasteiger partial charge in [0.2, 0.25) is 5.91 Å². The number of aliphatic imine (C=N–C) groups is 1. The van der Waals surface area contributed by atoms with Crippen LogP contribution in [0.25, 0.3) is 0 Å². The Hall–Kier alpha value is -4.37. The summed E-state index contributed by atoms with van der Waals surface area (Å²) in [7, 11) is 1.60. The Morgan fingerprint density at radius 3 is 2.56 bits per heavy atom. The van der Waals surface area contributed by atoms with Crippen molar-refractivity contribution in [3.8, 4) is 5.75 Å².